The van der Waals surface area contributed by atoms with Gasteiger partial charge in [-0.1, -0.05) is 17.9 Å². The molecule has 0 spiro atoms. The fourth-order valence-electron chi connectivity index (χ4n) is 2.17. The molecule has 3 rings (SSSR count). The Morgan fingerprint density at radius 2 is 1.87 bits per heavy atom. The molecule has 0 atom stereocenters. The van der Waals surface area contributed by atoms with Gasteiger partial charge in [-0.25, -0.2) is 0 Å². The molecule has 112 valence electrons. The molecule has 0 aliphatic carbocycles. The summed E-state index contributed by atoms with van der Waals surface area (Å²) in [7, 11) is 0. The van der Waals surface area contributed by atoms with E-state index in [1.165, 1.54) is 0 Å². The summed E-state index contributed by atoms with van der Waals surface area (Å²) in [5.41, 5.74) is 1.72. The van der Waals surface area contributed by atoms with E-state index in [0.29, 0.717) is 11.3 Å². The second-order valence-corrected chi connectivity index (χ2v) is 4.88. The third-order valence-electron chi connectivity index (χ3n) is 3.19. The molecular weight excluding hydrogens is 295 g/mol. The van der Waals surface area contributed by atoms with Crippen LogP contribution in [0.25, 0.3) is 0 Å². The Hall–Kier alpha value is -3.26. The Morgan fingerprint density at radius 1 is 1.09 bits per heavy atom. The molecule has 0 fully saturated rings. The zero-order chi connectivity index (χ0) is 16.2. The Balaban J connectivity index is 1.92. The number of nitrogens with zero attached hydrogens (tertiary/aromatic N) is 2. The molecule has 1 amide bonds. The third-order valence-corrected chi connectivity index (χ3v) is 3.19. The maximum absolute atomic E-state index is 13.9. The SMILES string of the molecule is O=C1C=C(F)N(c2cccc(C#Cc3cccnc3)c2)C(=O)C1. The lowest BCUT2D eigenvalue weighted by molar-refractivity contribution is -0.125. The van der Waals surface area contributed by atoms with Crippen molar-refractivity contribution in [1.29, 1.82) is 0 Å². The lowest BCUT2D eigenvalue weighted by Gasteiger charge is -2.23. The number of carbonyl (C=O) groups is 2. The molecule has 23 heavy (non-hydrogen) atoms. The second kappa shape index (κ2) is 6.24. The van der Waals surface area contributed by atoms with Gasteiger partial charge in [0.1, 0.15) is 0 Å². The average Bonchev–Trinajstić information content (AvgIpc) is 2.53. The van der Waals surface area contributed by atoms with Crippen molar-refractivity contribution < 1.29 is 14.0 Å². The van der Waals surface area contributed by atoms with E-state index in [2.05, 4.69) is 16.8 Å². The van der Waals surface area contributed by atoms with Gasteiger partial charge in [-0.2, -0.15) is 4.39 Å². The number of allylic oxidation sites excluding steroid dienone is 1. The predicted octanol–water partition coefficient (Wildman–Crippen LogP) is 2.60. The third kappa shape index (κ3) is 3.33. The predicted molar refractivity (Wildman–Crippen MR) is 83.0 cm³/mol. The Bertz CT molecular complexity index is 863. The van der Waals surface area contributed by atoms with Crippen LogP contribution in [0.2, 0.25) is 0 Å². The van der Waals surface area contributed by atoms with Crippen LogP contribution in [-0.2, 0) is 9.59 Å². The molecule has 0 radical (unpaired) electrons. The number of anilines is 1. The molecule has 0 N–H and O–H groups in total. The van der Waals surface area contributed by atoms with Gasteiger partial charge >= 0.3 is 0 Å². The fraction of sp³-hybridized carbons (Fsp3) is 0.0556. The van der Waals surface area contributed by atoms with Crippen LogP contribution in [0.5, 0.6) is 0 Å². The highest BCUT2D eigenvalue weighted by atomic mass is 19.1. The quantitative estimate of drug-likeness (QED) is 0.462. The van der Waals surface area contributed by atoms with Crippen molar-refractivity contribution in [2.24, 2.45) is 0 Å². The highest BCUT2D eigenvalue weighted by Gasteiger charge is 2.27. The molecule has 2 heterocycles. The van der Waals surface area contributed by atoms with Crippen LogP contribution < -0.4 is 4.90 Å². The van der Waals surface area contributed by atoms with E-state index < -0.39 is 17.6 Å². The van der Waals surface area contributed by atoms with Crippen LogP contribution in [0.4, 0.5) is 10.1 Å². The first-order valence-electron chi connectivity index (χ1n) is 6.88. The van der Waals surface area contributed by atoms with Gasteiger partial charge in [-0.15, -0.1) is 0 Å². The number of hydrogen-bond acceptors (Lipinski definition) is 3. The summed E-state index contributed by atoms with van der Waals surface area (Å²) in [6.07, 6.45) is 3.79. The van der Waals surface area contributed by atoms with Crippen molar-refractivity contribution in [3.05, 3.63) is 71.9 Å². The van der Waals surface area contributed by atoms with E-state index >= 15 is 0 Å². The van der Waals surface area contributed by atoms with E-state index in [-0.39, 0.29) is 6.42 Å². The normalized spacial score (nSPS) is 14.1. The summed E-state index contributed by atoms with van der Waals surface area (Å²) in [6, 6.07) is 10.2. The van der Waals surface area contributed by atoms with E-state index in [9.17, 15) is 14.0 Å². The van der Waals surface area contributed by atoms with Crippen molar-refractivity contribution >= 4 is 17.4 Å². The van der Waals surface area contributed by atoms with Crippen LogP contribution in [0, 0.1) is 11.8 Å². The van der Waals surface area contributed by atoms with Gasteiger partial charge in [0.05, 0.1) is 12.1 Å². The molecule has 4 nitrogen and oxygen atoms in total. The highest BCUT2D eigenvalue weighted by Crippen LogP contribution is 2.25. The minimum atomic E-state index is -0.872. The Labute approximate surface area is 132 Å². The number of halogens is 1. The number of ketones is 1. The van der Waals surface area contributed by atoms with Crippen molar-refractivity contribution in [1.82, 2.24) is 4.98 Å². The number of pyridine rings is 1. The number of hydrogen-bond donors (Lipinski definition) is 0. The van der Waals surface area contributed by atoms with Crippen LogP contribution >= 0.6 is 0 Å². The number of carbonyl (C=O) groups excluding carboxylic acids is 2. The summed E-state index contributed by atoms with van der Waals surface area (Å²) in [5.74, 6) is 3.89. The van der Waals surface area contributed by atoms with E-state index in [0.717, 1.165) is 16.5 Å². The summed E-state index contributed by atoms with van der Waals surface area (Å²) >= 11 is 0. The number of rotatable bonds is 1. The van der Waals surface area contributed by atoms with Gasteiger partial charge in [-0.05, 0) is 30.3 Å². The first-order valence-corrected chi connectivity index (χ1v) is 6.88. The lowest BCUT2D eigenvalue weighted by atomic mass is 10.1. The second-order valence-electron chi connectivity index (χ2n) is 4.88. The van der Waals surface area contributed by atoms with Crippen LogP contribution in [0.3, 0.4) is 0 Å². The smallest absolute Gasteiger partial charge is 0.241 e. The highest BCUT2D eigenvalue weighted by molar-refractivity contribution is 6.14. The van der Waals surface area contributed by atoms with Gasteiger partial charge < -0.3 is 0 Å². The minimum absolute atomic E-state index is 0.334. The summed E-state index contributed by atoms with van der Waals surface area (Å²) in [4.78, 5) is 27.9. The molecule has 1 aromatic heterocycles. The molecule has 0 saturated carbocycles. The molecule has 1 aliphatic heterocycles. The number of amides is 1. The molecule has 1 aliphatic rings. The lowest BCUT2D eigenvalue weighted by Crippen LogP contribution is -2.34. The van der Waals surface area contributed by atoms with Crippen molar-refractivity contribution in [2.75, 3.05) is 4.90 Å². The first kappa shape index (κ1) is 14.7. The fourth-order valence-corrected chi connectivity index (χ4v) is 2.17. The summed E-state index contributed by atoms with van der Waals surface area (Å²) in [5, 5.41) is 0. The molecule has 0 unspecified atom stereocenters. The van der Waals surface area contributed by atoms with Gasteiger partial charge in [0, 0.05) is 29.6 Å². The molecular formula is C18H11FN2O2. The van der Waals surface area contributed by atoms with E-state index in [1.807, 2.05) is 6.07 Å². The zero-order valence-electron chi connectivity index (χ0n) is 12.0. The monoisotopic (exact) mass is 306 g/mol. The van der Waals surface area contributed by atoms with Crippen LogP contribution in [0.15, 0.2) is 60.8 Å². The average molecular weight is 306 g/mol. The summed E-state index contributed by atoms with van der Waals surface area (Å²) in [6.45, 7) is 0. The van der Waals surface area contributed by atoms with Crippen molar-refractivity contribution in [2.45, 2.75) is 6.42 Å². The van der Waals surface area contributed by atoms with Gasteiger partial charge in [0.25, 0.3) is 0 Å². The van der Waals surface area contributed by atoms with Crippen LogP contribution in [-0.4, -0.2) is 16.7 Å². The number of aromatic nitrogens is 1. The van der Waals surface area contributed by atoms with E-state index in [4.69, 9.17) is 0 Å². The van der Waals surface area contributed by atoms with E-state index in [1.54, 1.807) is 42.7 Å². The topological polar surface area (TPSA) is 50.3 Å². The zero-order valence-corrected chi connectivity index (χ0v) is 12.0. The standard InChI is InChI=1S/C18H11FN2O2/c19-17-10-16(22)11-18(23)21(17)15-5-1-3-13(9-15)6-7-14-4-2-8-20-12-14/h1-5,8-10,12H,11H2. The first-order chi connectivity index (χ1) is 11.1. The number of benzene rings is 1. The van der Waals surface area contributed by atoms with Gasteiger partial charge in [-0.3, -0.25) is 19.5 Å². The molecule has 2 aromatic rings. The largest absolute Gasteiger partial charge is 0.294 e. The maximum atomic E-state index is 13.9. The Kier molecular flexibility index (Phi) is 3.98. The minimum Gasteiger partial charge on any atom is -0.294 e. The van der Waals surface area contributed by atoms with Gasteiger partial charge in [0.2, 0.25) is 11.9 Å². The molecule has 0 saturated heterocycles. The van der Waals surface area contributed by atoms with Crippen molar-refractivity contribution in [3.63, 3.8) is 0 Å². The summed E-state index contributed by atoms with van der Waals surface area (Å²) < 4.78 is 13.9. The van der Waals surface area contributed by atoms with Gasteiger partial charge in [0.15, 0.2) is 5.78 Å². The maximum Gasteiger partial charge on any atom is 0.241 e. The van der Waals surface area contributed by atoms with Crippen molar-refractivity contribution in [3.8, 4) is 11.8 Å². The Morgan fingerprint density at radius 3 is 2.61 bits per heavy atom. The molecule has 1 aromatic carbocycles. The molecule has 5 heteroatoms. The van der Waals surface area contributed by atoms with Crippen LogP contribution in [0.1, 0.15) is 17.5 Å². The molecule has 0 bridgehead atoms.